The van der Waals surface area contributed by atoms with E-state index >= 15 is 0 Å². The Morgan fingerprint density at radius 2 is 2.27 bits per heavy atom. The normalized spacial score (nSPS) is 11.5. The summed E-state index contributed by atoms with van der Waals surface area (Å²) in [5, 5.41) is 2.71. The van der Waals surface area contributed by atoms with Crippen LogP contribution in [0.5, 0.6) is 0 Å². The van der Waals surface area contributed by atoms with E-state index in [1.807, 2.05) is 0 Å². The molecular formula is C8H13NO2. The van der Waals surface area contributed by atoms with Gasteiger partial charge in [-0.3, -0.25) is 0 Å². The standard InChI is InChI=1S/C8H13NO2/c1-5-9-7(4)11-8(10)6(2)3/h5,7,9H,1-2H2,3-4H3. The number of hydrogen-bond acceptors (Lipinski definition) is 3. The minimum Gasteiger partial charge on any atom is -0.439 e. The van der Waals surface area contributed by atoms with E-state index in [1.165, 1.54) is 6.20 Å². The Morgan fingerprint density at radius 3 is 2.64 bits per heavy atom. The summed E-state index contributed by atoms with van der Waals surface area (Å²) >= 11 is 0. The van der Waals surface area contributed by atoms with Crippen LogP contribution in [0.2, 0.25) is 0 Å². The van der Waals surface area contributed by atoms with E-state index in [9.17, 15) is 4.79 Å². The highest BCUT2D eigenvalue weighted by Gasteiger charge is 2.06. The van der Waals surface area contributed by atoms with Gasteiger partial charge in [-0.1, -0.05) is 13.2 Å². The van der Waals surface area contributed by atoms with Crippen molar-refractivity contribution in [1.82, 2.24) is 5.32 Å². The topological polar surface area (TPSA) is 38.3 Å². The van der Waals surface area contributed by atoms with Gasteiger partial charge in [0.1, 0.15) is 0 Å². The summed E-state index contributed by atoms with van der Waals surface area (Å²) in [5.74, 6) is -0.396. The van der Waals surface area contributed by atoms with Gasteiger partial charge >= 0.3 is 5.97 Å². The average molecular weight is 155 g/mol. The molecule has 3 heteroatoms. The van der Waals surface area contributed by atoms with Gasteiger partial charge in [0.25, 0.3) is 0 Å². The van der Waals surface area contributed by atoms with E-state index in [-0.39, 0.29) is 6.23 Å². The number of nitrogens with one attached hydrogen (secondary N) is 1. The molecule has 11 heavy (non-hydrogen) atoms. The Balaban J connectivity index is 3.74. The van der Waals surface area contributed by atoms with Crippen LogP contribution in [-0.4, -0.2) is 12.2 Å². The number of rotatable bonds is 4. The van der Waals surface area contributed by atoms with Crippen molar-refractivity contribution in [3.05, 3.63) is 24.9 Å². The van der Waals surface area contributed by atoms with Crippen molar-refractivity contribution in [3.8, 4) is 0 Å². The van der Waals surface area contributed by atoms with Crippen molar-refractivity contribution >= 4 is 5.97 Å². The van der Waals surface area contributed by atoms with Crippen molar-refractivity contribution in [2.45, 2.75) is 20.1 Å². The molecule has 0 radical (unpaired) electrons. The summed E-state index contributed by atoms with van der Waals surface area (Å²) in [6.45, 7) is 10.2. The molecule has 0 heterocycles. The summed E-state index contributed by atoms with van der Waals surface area (Å²) < 4.78 is 4.83. The molecule has 1 N–H and O–H groups in total. The Hall–Kier alpha value is -1.25. The lowest BCUT2D eigenvalue weighted by molar-refractivity contribution is -0.144. The van der Waals surface area contributed by atoms with Gasteiger partial charge in [-0.25, -0.2) is 4.79 Å². The fourth-order valence-corrected chi connectivity index (χ4v) is 0.461. The van der Waals surface area contributed by atoms with Gasteiger partial charge in [0.2, 0.25) is 0 Å². The number of carbonyl (C=O) groups excluding carboxylic acids is 1. The lowest BCUT2D eigenvalue weighted by atomic mass is 10.4. The van der Waals surface area contributed by atoms with Crippen molar-refractivity contribution < 1.29 is 9.53 Å². The molecule has 0 fully saturated rings. The minimum atomic E-state index is -0.396. The zero-order valence-electron chi connectivity index (χ0n) is 6.89. The molecule has 0 amide bonds. The molecule has 0 aromatic rings. The molecular weight excluding hydrogens is 142 g/mol. The lowest BCUT2D eigenvalue weighted by Gasteiger charge is -2.12. The smallest absolute Gasteiger partial charge is 0.335 e. The maximum atomic E-state index is 10.8. The van der Waals surface area contributed by atoms with Crippen LogP contribution in [0.15, 0.2) is 24.9 Å². The lowest BCUT2D eigenvalue weighted by Crippen LogP contribution is -2.26. The highest BCUT2D eigenvalue weighted by atomic mass is 16.6. The van der Waals surface area contributed by atoms with Gasteiger partial charge in [-0.05, 0) is 20.0 Å². The fraction of sp³-hybridized carbons (Fsp3) is 0.375. The quantitative estimate of drug-likeness (QED) is 0.376. The van der Waals surface area contributed by atoms with E-state index in [2.05, 4.69) is 18.5 Å². The number of esters is 1. The van der Waals surface area contributed by atoms with Crippen molar-refractivity contribution in [2.24, 2.45) is 0 Å². The maximum Gasteiger partial charge on any atom is 0.335 e. The Bertz CT molecular complexity index is 175. The van der Waals surface area contributed by atoms with Crippen LogP contribution in [0.25, 0.3) is 0 Å². The Labute approximate surface area is 66.7 Å². The van der Waals surface area contributed by atoms with Gasteiger partial charge in [0.05, 0.1) is 0 Å². The van der Waals surface area contributed by atoms with E-state index in [1.54, 1.807) is 13.8 Å². The number of hydrogen-bond donors (Lipinski definition) is 1. The summed E-state index contributed by atoms with van der Waals surface area (Å²) in [4.78, 5) is 10.8. The molecule has 3 nitrogen and oxygen atoms in total. The molecule has 0 rings (SSSR count). The van der Waals surface area contributed by atoms with Crippen molar-refractivity contribution in [2.75, 3.05) is 0 Å². The zero-order chi connectivity index (χ0) is 8.85. The molecule has 62 valence electrons. The van der Waals surface area contributed by atoms with Gasteiger partial charge in [-0.15, -0.1) is 0 Å². The second kappa shape index (κ2) is 4.55. The Morgan fingerprint density at radius 1 is 1.73 bits per heavy atom. The van der Waals surface area contributed by atoms with Gasteiger partial charge in [0, 0.05) is 5.57 Å². The van der Waals surface area contributed by atoms with Gasteiger partial charge in [0.15, 0.2) is 6.23 Å². The second-order valence-corrected chi connectivity index (χ2v) is 2.20. The predicted molar refractivity (Wildman–Crippen MR) is 43.7 cm³/mol. The SMILES string of the molecule is C=CNC(C)OC(=O)C(=C)C. The molecule has 1 unspecified atom stereocenters. The van der Waals surface area contributed by atoms with Gasteiger partial charge in [-0.2, -0.15) is 0 Å². The summed E-state index contributed by atoms with van der Waals surface area (Å²) in [6, 6.07) is 0. The van der Waals surface area contributed by atoms with Crippen molar-refractivity contribution in [3.63, 3.8) is 0 Å². The zero-order valence-corrected chi connectivity index (χ0v) is 6.89. The second-order valence-electron chi connectivity index (χ2n) is 2.20. The number of ether oxygens (including phenoxy) is 1. The van der Waals surface area contributed by atoms with Crippen LogP contribution in [0.4, 0.5) is 0 Å². The van der Waals surface area contributed by atoms with Crippen LogP contribution >= 0.6 is 0 Å². The third-order valence-electron chi connectivity index (χ3n) is 0.985. The van der Waals surface area contributed by atoms with E-state index < -0.39 is 5.97 Å². The first-order valence-electron chi connectivity index (χ1n) is 3.31. The van der Waals surface area contributed by atoms with Crippen LogP contribution in [-0.2, 0) is 9.53 Å². The first-order valence-corrected chi connectivity index (χ1v) is 3.31. The molecule has 0 aliphatic carbocycles. The largest absolute Gasteiger partial charge is 0.439 e. The molecule has 0 aromatic carbocycles. The summed E-state index contributed by atoms with van der Waals surface area (Å²) in [6.07, 6.45) is 1.12. The molecule has 1 atom stereocenters. The molecule has 0 saturated heterocycles. The fourth-order valence-electron chi connectivity index (χ4n) is 0.461. The molecule has 0 bridgehead atoms. The highest BCUT2D eigenvalue weighted by Crippen LogP contribution is 1.94. The third kappa shape index (κ3) is 4.19. The predicted octanol–water partition coefficient (Wildman–Crippen LogP) is 1.18. The van der Waals surface area contributed by atoms with E-state index in [4.69, 9.17) is 4.74 Å². The summed E-state index contributed by atoms with van der Waals surface area (Å²) in [7, 11) is 0. The molecule has 0 aliphatic heterocycles. The van der Waals surface area contributed by atoms with Crippen LogP contribution in [0.3, 0.4) is 0 Å². The van der Waals surface area contributed by atoms with Gasteiger partial charge < -0.3 is 10.1 Å². The maximum absolute atomic E-state index is 10.8. The van der Waals surface area contributed by atoms with Crippen LogP contribution in [0.1, 0.15) is 13.8 Å². The van der Waals surface area contributed by atoms with Crippen molar-refractivity contribution in [1.29, 1.82) is 0 Å². The highest BCUT2D eigenvalue weighted by molar-refractivity contribution is 5.87. The van der Waals surface area contributed by atoms with E-state index in [0.717, 1.165) is 0 Å². The monoisotopic (exact) mass is 155 g/mol. The first kappa shape index (κ1) is 9.75. The van der Waals surface area contributed by atoms with Crippen LogP contribution in [0, 0.1) is 0 Å². The number of carbonyl (C=O) groups is 1. The first-order chi connectivity index (χ1) is 5.07. The van der Waals surface area contributed by atoms with E-state index in [0.29, 0.717) is 5.57 Å². The Kier molecular flexibility index (Phi) is 4.03. The summed E-state index contributed by atoms with van der Waals surface area (Å²) in [5.41, 5.74) is 0.391. The molecule has 0 saturated carbocycles. The molecule has 0 aliphatic rings. The average Bonchev–Trinajstić information content (AvgIpc) is 1.87. The van der Waals surface area contributed by atoms with Crippen LogP contribution < -0.4 is 5.32 Å². The molecule has 0 spiro atoms. The molecule has 0 aromatic heterocycles. The minimum absolute atomic E-state index is 0.350. The third-order valence-corrected chi connectivity index (χ3v) is 0.985.